The molecule has 1 aromatic heterocycles. The van der Waals surface area contributed by atoms with Crippen molar-refractivity contribution in [2.45, 2.75) is 78.6 Å². The van der Waals surface area contributed by atoms with Crippen molar-refractivity contribution in [1.82, 2.24) is 14.7 Å². The summed E-state index contributed by atoms with van der Waals surface area (Å²) in [7, 11) is 1.63. The van der Waals surface area contributed by atoms with E-state index in [1.165, 1.54) is 0 Å². The van der Waals surface area contributed by atoms with Crippen LogP contribution in [0.1, 0.15) is 86.1 Å². The van der Waals surface area contributed by atoms with Gasteiger partial charge in [-0.3, -0.25) is 24.6 Å². The van der Waals surface area contributed by atoms with Gasteiger partial charge in [0.15, 0.2) is 0 Å². The molecule has 1 N–H and O–H groups in total. The van der Waals surface area contributed by atoms with Gasteiger partial charge in [0.05, 0.1) is 49.7 Å². The fourth-order valence-corrected chi connectivity index (χ4v) is 9.70. The van der Waals surface area contributed by atoms with Gasteiger partial charge in [0, 0.05) is 80.4 Å². The summed E-state index contributed by atoms with van der Waals surface area (Å²) in [6.45, 7) is 11.7. The molecule has 25 heteroatoms. The molecule has 3 fully saturated rings. The van der Waals surface area contributed by atoms with E-state index in [9.17, 15) is 24.0 Å². The van der Waals surface area contributed by atoms with Crippen LogP contribution in [0.2, 0.25) is 0 Å². The first-order valence-corrected chi connectivity index (χ1v) is 43.3. The maximum absolute atomic E-state index is 13.7. The molecule has 5 aliphatic rings. The molecule has 6 heterocycles. The normalized spacial score (nSPS) is 15.8. The molecule has 4 amide bonds. The Morgan fingerprint density at radius 3 is 1.65 bits per heavy atom. The van der Waals surface area contributed by atoms with Gasteiger partial charge in [-0.25, -0.2) is 9.48 Å². The first-order valence-electron chi connectivity index (χ1n) is 27.2. The fraction of sp³-hybridized carbons (Fsp3) is 0.390. The van der Waals surface area contributed by atoms with E-state index >= 15 is 0 Å². The van der Waals surface area contributed by atoms with Gasteiger partial charge in [-0.15, -0.1) is 0 Å². The average Bonchev–Trinajstić information content (AvgIpc) is 3.25. The summed E-state index contributed by atoms with van der Waals surface area (Å²) < 4.78 is 17.1. The summed E-state index contributed by atoms with van der Waals surface area (Å²) in [6, 6.07) is 30.7. The number of alkyl halides is 1. The van der Waals surface area contributed by atoms with Gasteiger partial charge in [0.1, 0.15) is 11.4 Å². The van der Waals surface area contributed by atoms with E-state index in [1.54, 1.807) is 18.7 Å². The van der Waals surface area contributed by atoms with E-state index in [1.807, 2.05) is 135 Å². The second-order valence-corrected chi connectivity index (χ2v) is 54.5. The van der Waals surface area contributed by atoms with Crippen molar-refractivity contribution in [2.75, 3.05) is 96.2 Å². The molecular formula is C59H69ClI4N9O10V. The van der Waals surface area contributed by atoms with E-state index in [2.05, 4.69) is 110 Å². The maximum atomic E-state index is 13.7. The Morgan fingerprint density at radius 1 is 0.690 bits per heavy atom. The number of esters is 1. The number of ether oxygens (including phenoxy) is 3. The Labute approximate surface area is 547 Å². The Bertz CT molecular complexity index is 3050. The molecule has 19 nitrogen and oxygen atoms in total. The zero-order chi connectivity index (χ0) is 61.1. The standard InChI is InChI=1S/C26H28N4O3.C20H25N3O3.C11H13ClN2O2.CH3I.CO2.3HI.V/c1-3-23-22-15-17-29(19-9-7-18(8-10-19)28-16-5-4-6-24(28)31)26(32)25(22)30(27-23)20-11-13-21(33-2)14-12-20;24-19-5-1-2-10-22(19)16-6-8-17(9-7-16)23-11-3-4-18(20(23)25)21-12-14-26-15-13-21;1-3-16-11(15)10(12)14-13-9-6-4-8(2)5-7-9;1-2;2-1-3;;;;/h7-14H,3-6,15-17H2,1-2H3;4,6-9H,1-3,5,10-15H2;4-7,13H,3H2,1-2H3;1H3;;3*1H;/q;;;;;;;;+3/p-3/b;;14-10-;;;;;;. The van der Waals surface area contributed by atoms with E-state index in [0.29, 0.717) is 44.8 Å². The topological polar surface area (TPSA) is 206 Å². The molecule has 10 rings (SSSR count). The van der Waals surface area contributed by atoms with Crippen molar-refractivity contribution in [1.29, 1.82) is 0 Å². The first kappa shape index (κ1) is 70.1. The summed E-state index contributed by atoms with van der Waals surface area (Å²) in [5.74, 6) is 0.485. The summed E-state index contributed by atoms with van der Waals surface area (Å²) in [5.41, 5.74) is 12.4. The zero-order valence-electron chi connectivity index (χ0n) is 47.5. The number of fused-ring (bicyclic) bond motifs is 1. The third-order valence-corrected chi connectivity index (χ3v) is 13.9. The number of hydrogen-bond donors (Lipinski definition) is 1. The molecular weight excluding hydrogens is 1590 g/mol. The number of nitrogens with zero attached hydrogens (tertiary/aromatic N) is 8. The van der Waals surface area contributed by atoms with Crippen LogP contribution in [-0.4, -0.2) is 127 Å². The van der Waals surface area contributed by atoms with Gasteiger partial charge >= 0.3 is 77.0 Å². The monoisotopic (exact) mass is 1660 g/mol. The van der Waals surface area contributed by atoms with Crippen LogP contribution in [0, 0.1) is 6.92 Å². The molecule has 0 atom stereocenters. The number of aromatic nitrogens is 2. The number of aryl methyl sites for hydroxylation is 2. The Kier molecular flexibility index (Phi) is 31.0. The quantitative estimate of drug-likeness (QED) is 0.0406. The average molecular weight is 1660 g/mol. The molecule has 0 unspecified atom stereocenters. The molecule has 5 aliphatic heterocycles. The van der Waals surface area contributed by atoms with Crippen molar-refractivity contribution < 1.29 is 52.7 Å². The molecule has 0 aliphatic carbocycles. The number of morpholine rings is 1. The molecule has 4 aromatic carbocycles. The number of hydrazone groups is 1. The third-order valence-electron chi connectivity index (χ3n) is 13.6. The number of halogens is 5. The molecule has 0 spiro atoms. The van der Waals surface area contributed by atoms with Gasteiger partial charge in [-0.05, 0) is 149 Å². The van der Waals surface area contributed by atoms with Crippen LogP contribution < -0.4 is 29.8 Å². The number of carbonyl (C=O) groups is 5. The minimum absolute atomic E-state index is 0.0546. The van der Waals surface area contributed by atoms with E-state index in [4.69, 9.17) is 35.8 Å². The molecule has 5 aromatic rings. The SMILES string of the molecule is CCOC(=O)/C(Cl)=N/Nc1ccc(C)cc1.CCc1nn(-c2ccc(OC)cc2)c2c1CCN(c1ccc(N3CCCCC3=O)cc1)C2=O.CI.O=C1CCCCN1c1ccc(N2CCC=C(N3CCOCC3)C2=O)cc1.O=C=O.[I][V]([I])[I]. The number of methoxy groups -OCH3 is 1. The van der Waals surface area contributed by atoms with Crippen molar-refractivity contribution in [3.63, 3.8) is 0 Å². The number of carbonyl (C=O) groups excluding carboxylic acids is 7. The zero-order valence-corrected chi connectivity index (χ0v) is 58.3. The Hall–Kier alpha value is -4.62. The second kappa shape index (κ2) is 37.2. The fourth-order valence-electron chi connectivity index (χ4n) is 9.60. The van der Waals surface area contributed by atoms with E-state index in [-0.39, 0.29) is 46.5 Å². The van der Waals surface area contributed by atoms with Gasteiger partial charge in [0.25, 0.3) is 11.8 Å². The van der Waals surface area contributed by atoms with Crippen LogP contribution in [-0.2, 0) is 56.0 Å². The molecule has 0 saturated carbocycles. The molecule has 0 radical (unpaired) electrons. The van der Waals surface area contributed by atoms with E-state index in [0.717, 1.165) is 134 Å². The number of piperidine rings is 2. The second-order valence-electron chi connectivity index (χ2n) is 18.8. The molecule has 0 bridgehead atoms. The number of amides is 4. The number of nitrogens with one attached hydrogen (secondary N) is 1. The van der Waals surface area contributed by atoms with Crippen molar-refractivity contribution in [2.24, 2.45) is 5.10 Å². The summed E-state index contributed by atoms with van der Waals surface area (Å²) in [4.78, 5) is 89.5. The van der Waals surface area contributed by atoms with Crippen molar-refractivity contribution in [3.8, 4) is 11.4 Å². The minimum atomic E-state index is -0.635. The summed E-state index contributed by atoms with van der Waals surface area (Å²) in [5, 5.41) is 8.26. The predicted octanol–water partition coefficient (Wildman–Crippen LogP) is 12.0. The molecule has 450 valence electrons. The van der Waals surface area contributed by atoms with Crippen LogP contribution in [0.5, 0.6) is 5.75 Å². The Balaban J connectivity index is 0.000000225. The Morgan fingerprint density at radius 2 is 1.18 bits per heavy atom. The number of hydrogen-bond acceptors (Lipinski definition) is 14. The van der Waals surface area contributed by atoms with Gasteiger partial charge in [-0.2, -0.15) is 19.8 Å². The van der Waals surface area contributed by atoms with Gasteiger partial charge in [-0.1, -0.05) is 64.9 Å². The van der Waals surface area contributed by atoms with Gasteiger partial charge < -0.3 is 38.7 Å². The van der Waals surface area contributed by atoms with Gasteiger partial charge in [0.2, 0.25) is 17.0 Å². The van der Waals surface area contributed by atoms with Crippen LogP contribution >= 0.6 is 94.1 Å². The summed E-state index contributed by atoms with van der Waals surface area (Å²) in [6.07, 6.45) is 9.91. The predicted molar refractivity (Wildman–Crippen MR) is 359 cm³/mol. The number of anilines is 5. The van der Waals surface area contributed by atoms with Crippen molar-refractivity contribution >= 4 is 163 Å². The van der Waals surface area contributed by atoms with Crippen LogP contribution in [0.25, 0.3) is 5.69 Å². The first-order chi connectivity index (χ1) is 40.6. The van der Waals surface area contributed by atoms with Crippen molar-refractivity contribution in [3.05, 3.63) is 131 Å². The third kappa shape index (κ3) is 20.5. The van der Waals surface area contributed by atoms with Crippen LogP contribution in [0.15, 0.2) is 114 Å². The van der Waals surface area contributed by atoms with Crippen LogP contribution in [0.4, 0.5) is 28.4 Å². The van der Waals surface area contributed by atoms with E-state index < -0.39 is 5.97 Å². The molecule has 84 heavy (non-hydrogen) atoms. The summed E-state index contributed by atoms with van der Waals surface area (Å²) >= 11 is 15.1. The molecule has 3 saturated heterocycles. The number of benzene rings is 4. The number of rotatable bonds is 12. The van der Waals surface area contributed by atoms with Crippen LogP contribution in [0.3, 0.4) is 0 Å².